The summed E-state index contributed by atoms with van der Waals surface area (Å²) in [5.41, 5.74) is 1.63. The van der Waals surface area contributed by atoms with Crippen LogP contribution in [0, 0.1) is 6.92 Å². The molecule has 6 nitrogen and oxygen atoms in total. The van der Waals surface area contributed by atoms with E-state index in [1.807, 2.05) is 28.9 Å². The molecule has 0 unspecified atom stereocenters. The third-order valence-electron chi connectivity index (χ3n) is 4.60. The fraction of sp³-hybridized carbons (Fsp3) is 0.588. The van der Waals surface area contributed by atoms with Crippen LogP contribution in [0.25, 0.3) is 0 Å². The van der Waals surface area contributed by atoms with Crippen LogP contribution in [0.1, 0.15) is 38.3 Å². The van der Waals surface area contributed by atoms with E-state index in [9.17, 15) is 9.59 Å². The van der Waals surface area contributed by atoms with Crippen molar-refractivity contribution in [1.82, 2.24) is 14.8 Å². The van der Waals surface area contributed by atoms with Gasteiger partial charge in [-0.05, 0) is 44.7 Å². The number of nitrogens with zero attached hydrogens (tertiary/aromatic N) is 3. The van der Waals surface area contributed by atoms with Crippen LogP contribution >= 0.6 is 0 Å². The van der Waals surface area contributed by atoms with Gasteiger partial charge >= 0.3 is 6.03 Å². The summed E-state index contributed by atoms with van der Waals surface area (Å²) in [5, 5.41) is 2.91. The van der Waals surface area contributed by atoms with Crippen LogP contribution in [0.15, 0.2) is 18.3 Å². The van der Waals surface area contributed by atoms with E-state index in [2.05, 4.69) is 10.3 Å². The van der Waals surface area contributed by atoms with Gasteiger partial charge in [-0.25, -0.2) is 4.79 Å². The molecule has 1 aromatic heterocycles. The molecule has 1 saturated heterocycles. The highest BCUT2D eigenvalue weighted by molar-refractivity contribution is 5.89. The topological polar surface area (TPSA) is 65.5 Å². The largest absolute Gasteiger partial charge is 0.338 e. The van der Waals surface area contributed by atoms with Crippen molar-refractivity contribution in [3.05, 3.63) is 24.0 Å². The molecule has 1 aliphatic carbocycles. The molecule has 3 amide bonds. The van der Waals surface area contributed by atoms with E-state index >= 15 is 0 Å². The number of rotatable bonds is 4. The van der Waals surface area contributed by atoms with Gasteiger partial charge < -0.3 is 15.1 Å². The van der Waals surface area contributed by atoms with Crippen molar-refractivity contribution in [2.75, 3.05) is 18.4 Å². The molecule has 6 heteroatoms. The van der Waals surface area contributed by atoms with Gasteiger partial charge in [0.05, 0.1) is 17.9 Å². The molecular weight excluding hydrogens is 292 g/mol. The molecule has 2 aliphatic rings. The predicted octanol–water partition coefficient (Wildman–Crippen LogP) is 2.40. The first-order valence-corrected chi connectivity index (χ1v) is 8.32. The van der Waals surface area contributed by atoms with Gasteiger partial charge in [0, 0.05) is 31.7 Å². The van der Waals surface area contributed by atoms with Crippen LogP contribution in [0.3, 0.4) is 0 Å². The lowest BCUT2D eigenvalue weighted by Crippen LogP contribution is -2.46. The second kappa shape index (κ2) is 6.56. The number of pyridine rings is 1. The van der Waals surface area contributed by atoms with Crippen LogP contribution in [-0.4, -0.2) is 51.9 Å². The van der Waals surface area contributed by atoms with E-state index in [0.717, 1.165) is 37.9 Å². The molecule has 1 N–H and O–H groups in total. The number of carbonyl (C=O) groups is 2. The number of carbonyl (C=O) groups excluding carboxylic acids is 2. The normalized spacial score (nSPS) is 20.4. The summed E-state index contributed by atoms with van der Waals surface area (Å²) in [6.07, 6.45) is 5.79. The molecule has 124 valence electrons. The molecule has 0 radical (unpaired) electrons. The van der Waals surface area contributed by atoms with Gasteiger partial charge in [0.1, 0.15) is 0 Å². The summed E-state index contributed by atoms with van der Waals surface area (Å²) in [5.74, 6) is 0.113. The first kappa shape index (κ1) is 15.8. The number of hydrogen-bond acceptors (Lipinski definition) is 3. The van der Waals surface area contributed by atoms with Gasteiger partial charge in [0.15, 0.2) is 0 Å². The Bertz CT molecular complexity index is 583. The molecule has 1 aromatic rings. The maximum atomic E-state index is 12.5. The lowest BCUT2D eigenvalue weighted by Gasteiger charge is -2.30. The Labute approximate surface area is 136 Å². The van der Waals surface area contributed by atoms with Crippen LogP contribution in [0.2, 0.25) is 0 Å². The van der Waals surface area contributed by atoms with Gasteiger partial charge in [0.2, 0.25) is 5.91 Å². The summed E-state index contributed by atoms with van der Waals surface area (Å²) in [7, 11) is 0. The van der Waals surface area contributed by atoms with Crippen LogP contribution < -0.4 is 5.32 Å². The summed E-state index contributed by atoms with van der Waals surface area (Å²) < 4.78 is 0. The Kier molecular flexibility index (Phi) is 4.50. The highest BCUT2D eigenvalue weighted by atomic mass is 16.2. The maximum absolute atomic E-state index is 12.5. The molecule has 2 fully saturated rings. The Morgan fingerprint density at radius 1 is 1.35 bits per heavy atom. The number of aromatic nitrogens is 1. The molecule has 0 bridgehead atoms. The first-order valence-electron chi connectivity index (χ1n) is 8.32. The van der Waals surface area contributed by atoms with Gasteiger partial charge in [-0.1, -0.05) is 0 Å². The van der Waals surface area contributed by atoms with Crippen LogP contribution in [-0.2, 0) is 4.79 Å². The molecular formula is C17H24N4O2. The Hall–Kier alpha value is -2.11. The highest BCUT2D eigenvalue weighted by Crippen LogP contribution is 2.29. The Morgan fingerprint density at radius 3 is 2.74 bits per heavy atom. The predicted molar refractivity (Wildman–Crippen MR) is 88.1 cm³/mol. The lowest BCUT2D eigenvalue weighted by atomic mass is 10.2. The first-order chi connectivity index (χ1) is 11.0. The number of nitrogens with one attached hydrogen (secondary N) is 1. The quantitative estimate of drug-likeness (QED) is 0.927. The minimum atomic E-state index is -0.0996. The molecule has 0 aromatic carbocycles. The highest BCUT2D eigenvalue weighted by Gasteiger charge is 2.36. The van der Waals surface area contributed by atoms with Crippen LogP contribution in [0.4, 0.5) is 10.5 Å². The molecule has 23 heavy (non-hydrogen) atoms. The molecule has 2 heterocycles. The second-order valence-corrected chi connectivity index (χ2v) is 6.51. The molecule has 1 atom stereocenters. The summed E-state index contributed by atoms with van der Waals surface area (Å²) in [6, 6.07) is 4.13. The van der Waals surface area contributed by atoms with E-state index in [1.54, 1.807) is 13.1 Å². The number of hydrogen-bond donors (Lipinski definition) is 1. The third kappa shape index (κ3) is 3.81. The smallest absolute Gasteiger partial charge is 0.322 e. The van der Waals surface area contributed by atoms with Crippen molar-refractivity contribution in [3.8, 4) is 0 Å². The second-order valence-electron chi connectivity index (χ2n) is 6.51. The monoisotopic (exact) mass is 316 g/mol. The van der Waals surface area contributed by atoms with E-state index in [0.29, 0.717) is 18.3 Å². The molecule has 1 saturated carbocycles. The standard InChI is InChI=1S/C17H24N4O2/c1-12-5-6-14(10-18-12)19-17(23)20-9-3-4-16(20)11-21(13(2)22)15-7-8-15/h5-6,10,15-16H,3-4,7-9,11H2,1-2H3,(H,19,23)/t16-/m0/s1. The third-order valence-corrected chi connectivity index (χ3v) is 4.60. The summed E-state index contributed by atoms with van der Waals surface area (Å²) in [4.78, 5) is 32.3. The molecule has 0 spiro atoms. The van der Waals surface area contributed by atoms with Gasteiger partial charge in [-0.2, -0.15) is 0 Å². The summed E-state index contributed by atoms with van der Waals surface area (Å²) in [6.45, 7) is 4.93. The number of aryl methyl sites for hydroxylation is 1. The van der Waals surface area contributed by atoms with Gasteiger partial charge in [-0.15, -0.1) is 0 Å². The number of urea groups is 1. The Morgan fingerprint density at radius 2 is 2.13 bits per heavy atom. The average Bonchev–Trinajstić information content (AvgIpc) is 3.24. The van der Waals surface area contributed by atoms with E-state index in [1.165, 1.54) is 0 Å². The lowest BCUT2D eigenvalue weighted by molar-refractivity contribution is -0.130. The van der Waals surface area contributed by atoms with Crippen molar-refractivity contribution >= 4 is 17.6 Å². The zero-order chi connectivity index (χ0) is 16.4. The van der Waals surface area contributed by atoms with Crippen molar-refractivity contribution in [2.24, 2.45) is 0 Å². The maximum Gasteiger partial charge on any atom is 0.322 e. The van der Waals surface area contributed by atoms with Crippen molar-refractivity contribution in [1.29, 1.82) is 0 Å². The number of anilines is 1. The average molecular weight is 316 g/mol. The summed E-state index contributed by atoms with van der Waals surface area (Å²) >= 11 is 0. The minimum absolute atomic E-state index is 0.0996. The fourth-order valence-corrected chi connectivity index (χ4v) is 3.18. The van der Waals surface area contributed by atoms with Gasteiger partial charge in [0.25, 0.3) is 0 Å². The van der Waals surface area contributed by atoms with Gasteiger partial charge in [-0.3, -0.25) is 9.78 Å². The minimum Gasteiger partial charge on any atom is -0.338 e. The van der Waals surface area contributed by atoms with E-state index < -0.39 is 0 Å². The zero-order valence-corrected chi connectivity index (χ0v) is 13.8. The van der Waals surface area contributed by atoms with Crippen molar-refractivity contribution < 1.29 is 9.59 Å². The fourth-order valence-electron chi connectivity index (χ4n) is 3.18. The zero-order valence-electron chi connectivity index (χ0n) is 13.8. The number of amides is 3. The van der Waals surface area contributed by atoms with E-state index in [-0.39, 0.29) is 18.0 Å². The Balaban J connectivity index is 1.62. The van der Waals surface area contributed by atoms with Crippen molar-refractivity contribution in [2.45, 2.75) is 51.6 Å². The van der Waals surface area contributed by atoms with Crippen molar-refractivity contribution in [3.63, 3.8) is 0 Å². The molecule has 3 rings (SSSR count). The van der Waals surface area contributed by atoms with Crippen LogP contribution in [0.5, 0.6) is 0 Å². The molecule has 1 aliphatic heterocycles. The van der Waals surface area contributed by atoms with E-state index in [4.69, 9.17) is 0 Å². The number of likely N-dealkylation sites (tertiary alicyclic amines) is 1. The SMILES string of the molecule is CC(=O)N(C[C@@H]1CCCN1C(=O)Nc1ccc(C)nc1)C1CC1.